The fourth-order valence-corrected chi connectivity index (χ4v) is 14.6. The van der Waals surface area contributed by atoms with Gasteiger partial charge in [-0.05, 0) is 111 Å². The molecule has 3 saturated heterocycles. The minimum absolute atomic E-state index is 0.339. The molecule has 3 unspecified atom stereocenters. The molecule has 0 N–H and O–H groups in total. The molecule has 9 heterocycles. The van der Waals surface area contributed by atoms with Crippen LogP contribution in [0.15, 0.2) is 128 Å². The largest absolute Gasteiger partial charge is 0.273 e. The van der Waals surface area contributed by atoms with Crippen LogP contribution in [0, 0.1) is 32.6 Å². The summed E-state index contributed by atoms with van der Waals surface area (Å²) in [5.41, 5.74) is 12.0. The van der Waals surface area contributed by atoms with Crippen LogP contribution in [0.3, 0.4) is 0 Å². The number of hydrogen-bond acceptors (Lipinski definition) is 6. The number of quaternary nitrogens is 3. The molecule has 2 spiro atoms. The van der Waals surface area contributed by atoms with Crippen molar-refractivity contribution in [3.63, 3.8) is 0 Å². The van der Waals surface area contributed by atoms with Crippen LogP contribution in [-0.2, 0) is 0 Å². The Morgan fingerprint density at radius 2 is 0.836 bits per heavy atom. The predicted octanol–water partition coefficient (Wildman–Crippen LogP) is 13.0. The topological polar surface area (TPSA) is 48.4 Å². The summed E-state index contributed by atoms with van der Waals surface area (Å²) in [5, 5.41) is 0. The molecule has 6 aliphatic heterocycles. The van der Waals surface area contributed by atoms with Crippen molar-refractivity contribution in [2.75, 3.05) is 41.9 Å². The predicted molar refractivity (Wildman–Crippen MR) is 280 cm³/mol. The molecule has 2 aliphatic carbocycles. The average molecular weight is 895 g/mol. The monoisotopic (exact) mass is 895 g/mol. The zero-order valence-corrected chi connectivity index (χ0v) is 41.3. The van der Waals surface area contributed by atoms with Crippen molar-refractivity contribution in [3.05, 3.63) is 144 Å². The lowest BCUT2D eigenvalue weighted by molar-refractivity contribution is -0.0651. The summed E-state index contributed by atoms with van der Waals surface area (Å²) in [4.78, 5) is 21.7. The molecule has 5 fully saturated rings. The lowest BCUT2D eigenvalue weighted by atomic mass is 9.62. The van der Waals surface area contributed by atoms with Crippen LogP contribution in [-0.4, -0.2) is 72.7 Å². The Balaban J connectivity index is 0.000000112. The highest BCUT2D eigenvalue weighted by atomic mass is 15.6. The summed E-state index contributed by atoms with van der Waals surface area (Å²) in [6.45, 7) is 16.2. The Kier molecular flexibility index (Phi) is 11.1. The van der Waals surface area contributed by atoms with Crippen LogP contribution < -0.4 is 28.1 Å². The van der Waals surface area contributed by atoms with E-state index >= 15 is 0 Å². The van der Waals surface area contributed by atoms with Crippen molar-refractivity contribution in [1.82, 2.24) is 28.4 Å². The van der Waals surface area contributed by atoms with Crippen molar-refractivity contribution in [2.45, 2.75) is 123 Å². The van der Waals surface area contributed by atoms with Gasteiger partial charge in [-0.1, -0.05) is 54.6 Å². The highest BCUT2D eigenvalue weighted by Gasteiger charge is 2.66. The Bertz CT molecular complexity index is 2750. The summed E-state index contributed by atoms with van der Waals surface area (Å²) < 4.78 is 3.10. The van der Waals surface area contributed by atoms with Crippen LogP contribution in [0.2, 0.25) is 0 Å². The summed E-state index contributed by atoms with van der Waals surface area (Å²) in [6, 6.07) is 40.7. The van der Waals surface area contributed by atoms with Crippen molar-refractivity contribution in [1.29, 1.82) is 0 Å². The fourth-order valence-electron chi connectivity index (χ4n) is 14.6. The molecule has 8 aliphatic rings. The van der Waals surface area contributed by atoms with Crippen molar-refractivity contribution in [2.24, 2.45) is 11.8 Å². The van der Waals surface area contributed by atoms with E-state index in [9.17, 15) is 0 Å². The van der Waals surface area contributed by atoms with Crippen LogP contribution in [0.4, 0.5) is 51.6 Å². The normalized spacial score (nSPS) is 28.7. The number of piperidine rings is 3. The van der Waals surface area contributed by atoms with Crippen LogP contribution in [0.5, 0.6) is 0 Å². The molecule has 3 aromatic carbocycles. The van der Waals surface area contributed by atoms with Gasteiger partial charge in [-0.2, -0.15) is 0 Å². The van der Waals surface area contributed by atoms with Gasteiger partial charge in [0.2, 0.25) is 0 Å². The van der Waals surface area contributed by atoms with E-state index in [1.807, 2.05) is 24.7 Å². The molecule has 67 heavy (non-hydrogen) atoms. The van der Waals surface area contributed by atoms with Crippen LogP contribution in [0.25, 0.3) is 0 Å². The smallest absolute Gasteiger partial charge is 0.200 e. The minimum atomic E-state index is 0.339. The van der Waals surface area contributed by atoms with E-state index in [0.717, 1.165) is 44.5 Å². The molecule has 4 bridgehead atoms. The number of para-hydroxylation sites is 3. The van der Waals surface area contributed by atoms with Gasteiger partial charge in [0.1, 0.15) is 0 Å². The van der Waals surface area contributed by atoms with Gasteiger partial charge in [0.15, 0.2) is 53.0 Å². The van der Waals surface area contributed by atoms with E-state index in [1.165, 1.54) is 126 Å². The summed E-state index contributed by atoms with van der Waals surface area (Å²) in [6.07, 6.45) is 18.2. The van der Waals surface area contributed by atoms with Gasteiger partial charge in [0.25, 0.3) is 0 Å². The summed E-state index contributed by atoms with van der Waals surface area (Å²) >= 11 is 0. The van der Waals surface area contributed by atoms with Crippen molar-refractivity contribution in [3.8, 4) is 0 Å². The van der Waals surface area contributed by atoms with E-state index in [1.54, 1.807) is 0 Å². The molecule has 3 atom stereocenters. The van der Waals surface area contributed by atoms with Crippen LogP contribution >= 0.6 is 0 Å². The quantitative estimate of drug-likeness (QED) is 0.165. The van der Waals surface area contributed by atoms with Gasteiger partial charge in [-0.25, -0.2) is 15.0 Å². The van der Waals surface area contributed by atoms with Gasteiger partial charge >= 0.3 is 0 Å². The second kappa shape index (κ2) is 16.9. The highest BCUT2D eigenvalue weighted by molar-refractivity contribution is 5.82. The second-order valence-corrected chi connectivity index (χ2v) is 21.5. The SMILES string of the molecule is Cc1ccccc1N1c2ncccc2[N+](C)(C)C1C.Cc1ccccc1N1c2ncccc2[N+]2(C3CC4CC(C3)CC2C4)C1C.Cc1ccccc1N1c2ncccc2[N+]2(CCCCC2)C1C. The minimum Gasteiger partial charge on any atom is -0.273 e. The maximum atomic E-state index is 4.93. The first kappa shape index (κ1) is 43.9. The van der Waals surface area contributed by atoms with Gasteiger partial charge in [0, 0.05) is 83.2 Å². The Labute approximate surface area is 400 Å². The van der Waals surface area contributed by atoms with E-state index in [2.05, 4.69) is 178 Å². The van der Waals surface area contributed by atoms with Crippen LogP contribution in [0.1, 0.15) is 88.8 Å². The first-order valence-corrected chi connectivity index (χ1v) is 25.5. The van der Waals surface area contributed by atoms with Gasteiger partial charge in [-0.15, -0.1) is 0 Å². The molecule has 0 amide bonds. The number of benzene rings is 3. The maximum absolute atomic E-state index is 4.93. The molecule has 14 rings (SSSR count). The number of hydrogen-bond donors (Lipinski definition) is 0. The summed E-state index contributed by atoms with van der Waals surface area (Å²) in [5.74, 6) is 5.42. The number of anilines is 6. The molecule has 9 nitrogen and oxygen atoms in total. The Morgan fingerprint density at radius 3 is 1.33 bits per heavy atom. The Morgan fingerprint density at radius 1 is 0.433 bits per heavy atom. The van der Waals surface area contributed by atoms with Crippen molar-refractivity contribution >= 4 is 51.6 Å². The number of aryl methyl sites for hydroxylation is 3. The van der Waals surface area contributed by atoms with Gasteiger partial charge < -0.3 is 0 Å². The number of rotatable bonds is 3. The summed E-state index contributed by atoms with van der Waals surface area (Å²) in [7, 11) is 4.48. The molecular weight excluding hydrogens is 823 g/mol. The standard InChI is InChI=1S/C23H28N3.C19H24N3.C16H20N3/c1-15-6-3-4-7-21(15)25-16(2)26(22-8-5-9-24-23(22)25)19-11-17-10-18(13-19)14-20(26)12-17;1-15-9-4-5-10-17(15)21-16(2)22(13-6-3-7-14-22)18-11-8-12-20-19(18)21;1-12-8-5-6-9-14(12)18-13(2)19(3,4)15-10-7-11-17-16(15)18/h3-9,16-20H,10-14H2,1-2H3;4-5,8-12,16H,3,6-7,13-14H2,1-2H3;5-11,13H,1-4H3/q3*+1. The van der Waals surface area contributed by atoms with E-state index in [-0.39, 0.29) is 0 Å². The number of aromatic nitrogens is 3. The molecule has 6 aromatic rings. The van der Waals surface area contributed by atoms with Crippen molar-refractivity contribution < 1.29 is 0 Å². The van der Waals surface area contributed by atoms with E-state index in [0.29, 0.717) is 18.5 Å². The number of nitrogens with zero attached hydrogens (tertiary/aromatic N) is 9. The lowest BCUT2D eigenvalue weighted by Gasteiger charge is -2.62. The molecule has 9 heteroatoms. The van der Waals surface area contributed by atoms with Gasteiger partial charge in [0.05, 0.1) is 56.3 Å². The Hall–Kier alpha value is -5.61. The zero-order chi connectivity index (χ0) is 46.2. The lowest BCUT2D eigenvalue weighted by Crippen LogP contribution is -2.75. The van der Waals surface area contributed by atoms with E-state index in [4.69, 9.17) is 9.97 Å². The average Bonchev–Trinajstić information content (AvgIpc) is 3.82. The number of pyridine rings is 3. The maximum Gasteiger partial charge on any atom is 0.200 e. The molecule has 0 radical (unpaired) electrons. The first-order valence-electron chi connectivity index (χ1n) is 25.5. The zero-order valence-electron chi connectivity index (χ0n) is 41.3. The third-order valence-corrected chi connectivity index (χ3v) is 17.9. The van der Waals surface area contributed by atoms with E-state index < -0.39 is 0 Å². The molecule has 346 valence electrons. The molecule has 2 saturated carbocycles. The fraction of sp³-hybridized carbons (Fsp3) is 0.431. The number of fused-ring (bicyclic) bond motifs is 4. The molecular formula is C58H72N9+3. The highest BCUT2D eigenvalue weighted by Crippen LogP contribution is 2.61. The first-order chi connectivity index (χ1) is 32.5. The third-order valence-electron chi connectivity index (χ3n) is 17.9. The van der Waals surface area contributed by atoms with Gasteiger partial charge in [-0.3, -0.25) is 28.1 Å². The molecule has 3 aromatic heterocycles. The third kappa shape index (κ3) is 6.77. The second-order valence-electron chi connectivity index (χ2n) is 21.5.